The first kappa shape index (κ1) is 62.4. The number of carbonyl (C=O) groups excluding carboxylic acids is 1. The SMILES string of the molecule is CCCCCCCCCCCCCCCCCCCCCCCCCCCCCCCCCCCC(=O)NC(CO)C(O)CCCCCCCCCCCCCCCCCCCC. The number of aliphatic hydroxyl groups excluding tert-OH is 2. The first-order chi connectivity index (χ1) is 31.2. The molecule has 2 atom stereocenters. The fourth-order valence-corrected chi connectivity index (χ4v) is 9.84. The molecule has 0 radical (unpaired) electrons. The third kappa shape index (κ3) is 52.2. The lowest BCUT2D eigenvalue weighted by Crippen LogP contribution is -2.45. The molecule has 4 heteroatoms. The lowest BCUT2D eigenvalue weighted by atomic mass is 10.0. The average molecular weight is 891 g/mol. The molecule has 0 bridgehead atoms. The van der Waals surface area contributed by atoms with Crippen molar-refractivity contribution in [3.63, 3.8) is 0 Å². The van der Waals surface area contributed by atoms with Crippen LogP contribution in [-0.4, -0.2) is 34.9 Å². The smallest absolute Gasteiger partial charge is 0.220 e. The van der Waals surface area contributed by atoms with Crippen LogP contribution in [0.15, 0.2) is 0 Å². The molecule has 378 valence electrons. The molecule has 0 rings (SSSR count). The fourth-order valence-electron chi connectivity index (χ4n) is 9.84. The van der Waals surface area contributed by atoms with Gasteiger partial charge in [-0.25, -0.2) is 0 Å². The van der Waals surface area contributed by atoms with Gasteiger partial charge in [0.2, 0.25) is 5.91 Å². The van der Waals surface area contributed by atoms with Gasteiger partial charge in [-0.1, -0.05) is 335 Å². The van der Waals surface area contributed by atoms with Crippen molar-refractivity contribution in [2.24, 2.45) is 0 Å². The maximum Gasteiger partial charge on any atom is 0.220 e. The summed E-state index contributed by atoms with van der Waals surface area (Å²) in [4.78, 5) is 12.5. The van der Waals surface area contributed by atoms with Crippen molar-refractivity contribution in [2.75, 3.05) is 6.61 Å². The van der Waals surface area contributed by atoms with Gasteiger partial charge in [0.05, 0.1) is 18.8 Å². The van der Waals surface area contributed by atoms with E-state index in [9.17, 15) is 15.0 Å². The molecule has 0 aromatic carbocycles. The third-order valence-electron chi connectivity index (χ3n) is 14.4. The first-order valence-corrected chi connectivity index (χ1v) is 29.7. The Morgan fingerprint density at radius 1 is 0.317 bits per heavy atom. The van der Waals surface area contributed by atoms with Crippen LogP contribution in [0.2, 0.25) is 0 Å². The van der Waals surface area contributed by atoms with Crippen LogP contribution < -0.4 is 5.32 Å². The summed E-state index contributed by atoms with van der Waals surface area (Å²) in [5.41, 5.74) is 0. The first-order valence-electron chi connectivity index (χ1n) is 29.7. The van der Waals surface area contributed by atoms with E-state index in [-0.39, 0.29) is 12.5 Å². The molecule has 2 unspecified atom stereocenters. The van der Waals surface area contributed by atoms with E-state index in [1.165, 1.54) is 302 Å². The number of rotatable bonds is 56. The molecule has 0 saturated carbocycles. The quantitative estimate of drug-likeness (QED) is 0.0533. The minimum absolute atomic E-state index is 0.0216. The highest BCUT2D eigenvalue weighted by Crippen LogP contribution is 2.19. The van der Waals surface area contributed by atoms with Gasteiger partial charge in [0, 0.05) is 6.42 Å². The van der Waals surface area contributed by atoms with Crippen LogP contribution in [0.1, 0.15) is 354 Å². The van der Waals surface area contributed by atoms with Gasteiger partial charge in [-0.3, -0.25) is 4.79 Å². The molecule has 0 aliphatic heterocycles. The summed E-state index contributed by atoms with van der Waals surface area (Å²) < 4.78 is 0. The summed E-state index contributed by atoms with van der Waals surface area (Å²) in [6.45, 7) is 4.41. The number of amides is 1. The van der Waals surface area contributed by atoms with Crippen LogP contribution >= 0.6 is 0 Å². The maximum absolute atomic E-state index is 12.5. The van der Waals surface area contributed by atoms with Gasteiger partial charge in [0.15, 0.2) is 0 Å². The highest BCUT2D eigenvalue weighted by molar-refractivity contribution is 5.76. The summed E-state index contributed by atoms with van der Waals surface area (Å²) in [6.07, 6.45) is 71.1. The van der Waals surface area contributed by atoms with Crippen molar-refractivity contribution in [2.45, 2.75) is 366 Å². The van der Waals surface area contributed by atoms with Crippen LogP contribution in [0.4, 0.5) is 0 Å². The van der Waals surface area contributed by atoms with Gasteiger partial charge in [0.1, 0.15) is 0 Å². The van der Waals surface area contributed by atoms with E-state index in [0.29, 0.717) is 12.8 Å². The molecule has 63 heavy (non-hydrogen) atoms. The summed E-state index contributed by atoms with van der Waals surface area (Å²) in [7, 11) is 0. The molecule has 0 spiro atoms. The molecule has 0 fully saturated rings. The summed E-state index contributed by atoms with van der Waals surface area (Å²) >= 11 is 0. The zero-order valence-electron chi connectivity index (χ0n) is 43.6. The van der Waals surface area contributed by atoms with Gasteiger partial charge < -0.3 is 15.5 Å². The molecular weight excluding hydrogens is 771 g/mol. The minimum Gasteiger partial charge on any atom is -0.394 e. The van der Waals surface area contributed by atoms with E-state index in [1.807, 2.05) is 0 Å². The van der Waals surface area contributed by atoms with Gasteiger partial charge in [0.25, 0.3) is 0 Å². The highest BCUT2D eigenvalue weighted by Gasteiger charge is 2.20. The van der Waals surface area contributed by atoms with Crippen LogP contribution in [0.5, 0.6) is 0 Å². The Bertz CT molecular complexity index is 834. The molecule has 0 aromatic rings. The predicted molar refractivity (Wildman–Crippen MR) is 281 cm³/mol. The minimum atomic E-state index is -0.655. The van der Waals surface area contributed by atoms with E-state index >= 15 is 0 Å². The van der Waals surface area contributed by atoms with Crippen LogP contribution in [-0.2, 0) is 4.79 Å². The molecule has 0 aromatic heterocycles. The largest absolute Gasteiger partial charge is 0.394 e. The Morgan fingerprint density at radius 2 is 0.508 bits per heavy atom. The molecule has 0 saturated heterocycles. The lowest BCUT2D eigenvalue weighted by molar-refractivity contribution is -0.123. The Balaban J connectivity index is 3.36. The topological polar surface area (TPSA) is 69.6 Å². The maximum atomic E-state index is 12.5. The van der Waals surface area contributed by atoms with Crippen LogP contribution in [0.25, 0.3) is 0 Å². The summed E-state index contributed by atoms with van der Waals surface area (Å²) in [5.74, 6) is -0.0216. The second-order valence-corrected chi connectivity index (χ2v) is 20.8. The van der Waals surface area contributed by atoms with Gasteiger partial charge in [-0.2, -0.15) is 0 Å². The van der Waals surface area contributed by atoms with Gasteiger partial charge in [-0.05, 0) is 12.8 Å². The molecule has 0 aliphatic rings. The summed E-state index contributed by atoms with van der Waals surface area (Å²) in [5, 5.41) is 23.3. The second-order valence-electron chi connectivity index (χ2n) is 20.8. The number of carbonyl (C=O) groups is 1. The fraction of sp³-hybridized carbons (Fsp3) is 0.983. The normalized spacial score (nSPS) is 12.6. The molecule has 3 N–H and O–H groups in total. The van der Waals surface area contributed by atoms with Crippen molar-refractivity contribution >= 4 is 5.91 Å². The van der Waals surface area contributed by atoms with E-state index < -0.39 is 12.1 Å². The Kier molecular flexibility index (Phi) is 55.2. The lowest BCUT2D eigenvalue weighted by Gasteiger charge is -2.22. The van der Waals surface area contributed by atoms with Crippen molar-refractivity contribution in [3.05, 3.63) is 0 Å². The molecule has 0 aliphatic carbocycles. The monoisotopic (exact) mass is 890 g/mol. The Labute approximate surface area is 397 Å². The predicted octanol–water partition coefficient (Wildman–Crippen LogP) is 19.5. The molecular formula is C59H119NO3. The zero-order chi connectivity index (χ0) is 45.6. The Morgan fingerprint density at radius 3 is 0.714 bits per heavy atom. The molecule has 1 amide bonds. The van der Waals surface area contributed by atoms with Crippen molar-refractivity contribution in [3.8, 4) is 0 Å². The standard InChI is InChI=1S/C59H119NO3/c1-3-5-7-9-11-13-15-17-19-21-23-24-25-26-27-28-29-30-31-32-33-34-35-36-37-39-41-43-45-47-49-51-53-55-59(63)60-57(56-61)58(62)54-52-50-48-46-44-42-40-38-22-20-18-16-14-12-10-8-6-4-2/h57-58,61-62H,3-56H2,1-2H3,(H,60,63). The van der Waals surface area contributed by atoms with Gasteiger partial charge >= 0.3 is 0 Å². The van der Waals surface area contributed by atoms with E-state index in [0.717, 1.165) is 25.7 Å². The number of aliphatic hydroxyl groups is 2. The number of hydrogen-bond acceptors (Lipinski definition) is 3. The number of unbranched alkanes of at least 4 members (excludes halogenated alkanes) is 49. The van der Waals surface area contributed by atoms with Crippen molar-refractivity contribution in [1.29, 1.82) is 0 Å². The summed E-state index contributed by atoms with van der Waals surface area (Å²) in [6, 6.07) is -0.531. The van der Waals surface area contributed by atoms with E-state index in [4.69, 9.17) is 0 Å². The molecule has 0 heterocycles. The van der Waals surface area contributed by atoms with Crippen molar-refractivity contribution < 1.29 is 15.0 Å². The average Bonchev–Trinajstić information content (AvgIpc) is 3.29. The highest BCUT2D eigenvalue weighted by atomic mass is 16.3. The van der Waals surface area contributed by atoms with Gasteiger partial charge in [-0.15, -0.1) is 0 Å². The zero-order valence-corrected chi connectivity index (χ0v) is 43.6. The second kappa shape index (κ2) is 55.7. The third-order valence-corrected chi connectivity index (χ3v) is 14.4. The number of nitrogens with one attached hydrogen (secondary N) is 1. The van der Waals surface area contributed by atoms with Crippen LogP contribution in [0, 0.1) is 0 Å². The Hall–Kier alpha value is -0.610. The van der Waals surface area contributed by atoms with E-state index in [2.05, 4.69) is 19.2 Å². The van der Waals surface area contributed by atoms with E-state index in [1.54, 1.807) is 0 Å². The van der Waals surface area contributed by atoms with Crippen LogP contribution in [0.3, 0.4) is 0 Å². The van der Waals surface area contributed by atoms with Crippen molar-refractivity contribution in [1.82, 2.24) is 5.32 Å². The molecule has 4 nitrogen and oxygen atoms in total. The number of hydrogen-bond donors (Lipinski definition) is 3.